The maximum absolute atomic E-state index is 11.9. The van der Waals surface area contributed by atoms with Gasteiger partial charge in [-0.1, -0.05) is 6.92 Å². The van der Waals surface area contributed by atoms with Crippen LogP contribution in [0, 0.1) is 5.92 Å². The van der Waals surface area contributed by atoms with Crippen LogP contribution in [0.25, 0.3) is 0 Å². The van der Waals surface area contributed by atoms with Crippen LogP contribution in [0.15, 0.2) is 0 Å². The topological polar surface area (TPSA) is 77.9 Å². The zero-order valence-corrected chi connectivity index (χ0v) is 11.5. The van der Waals surface area contributed by atoms with E-state index >= 15 is 0 Å². The summed E-state index contributed by atoms with van der Waals surface area (Å²) in [5.41, 5.74) is 0. The average molecular weight is 258 g/mol. The molecule has 0 aromatic carbocycles. The lowest BCUT2D eigenvalue weighted by Gasteiger charge is -2.23. The van der Waals surface area contributed by atoms with Crippen molar-refractivity contribution in [1.82, 2.24) is 9.80 Å². The Morgan fingerprint density at radius 3 is 2.06 bits per heavy atom. The Morgan fingerprint density at radius 2 is 1.67 bits per heavy atom. The first-order valence-electron chi connectivity index (χ1n) is 5.97. The molecular weight excluding hydrogens is 236 g/mol. The Bertz CT molecular complexity index is 315. The number of amides is 2. The third-order valence-electron chi connectivity index (χ3n) is 2.61. The fraction of sp³-hybridized carbons (Fsp3) is 0.750. The number of rotatable bonds is 7. The minimum Gasteiger partial charge on any atom is -0.481 e. The highest BCUT2D eigenvalue weighted by molar-refractivity contribution is 5.84. The molecule has 1 unspecified atom stereocenters. The van der Waals surface area contributed by atoms with Crippen LogP contribution in [-0.4, -0.2) is 59.9 Å². The lowest BCUT2D eigenvalue weighted by Crippen LogP contribution is -2.40. The number of carboxylic acid groups (broad SMARTS) is 1. The number of hydrogen-bond acceptors (Lipinski definition) is 3. The van der Waals surface area contributed by atoms with Gasteiger partial charge in [-0.05, 0) is 12.8 Å². The third-order valence-corrected chi connectivity index (χ3v) is 2.61. The predicted octanol–water partition coefficient (Wildman–Crippen LogP) is 0.424. The van der Waals surface area contributed by atoms with Crippen molar-refractivity contribution in [3.05, 3.63) is 0 Å². The van der Waals surface area contributed by atoms with Crippen LogP contribution in [0.2, 0.25) is 0 Å². The second kappa shape index (κ2) is 7.68. The van der Waals surface area contributed by atoms with Crippen molar-refractivity contribution in [1.29, 1.82) is 0 Å². The van der Waals surface area contributed by atoms with Crippen molar-refractivity contribution in [2.45, 2.75) is 26.7 Å². The van der Waals surface area contributed by atoms with E-state index in [1.165, 1.54) is 9.80 Å². The summed E-state index contributed by atoms with van der Waals surface area (Å²) in [5.74, 6) is -1.46. The van der Waals surface area contributed by atoms with E-state index in [4.69, 9.17) is 5.11 Å². The van der Waals surface area contributed by atoms with Crippen molar-refractivity contribution >= 4 is 17.8 Å². The molecule has 0 aliphatic rings. The van der Waals surface area contributed by atoms with Crippen LogP contribution >= 0.6 is 0 Å². The van der Waals surface area contributed by atoms with Crippen LogP contribution in [-0.2, 0) is 14.4 Å². The molecule has 0 saturated carbocycles. The van der Waals surface area contributed by atoms with Gasteiger partial charge in [-0.25, -0.2) is 0 Å². The van der Waals surface area contributed by atoms with Crippen LogP contribution < -0.4 is 0 Å². The van der Waals surface area contributed by atoms with Gasteiger partial charge in [-0.15, -0.1) is 0 Å². The fourth-order valence-corrected chi connectivity index (χ4v) is 1.48. The van der Waals surface area contributed by atoms with Crippen molar-refractivity contribution < 1.29 is 19.5 Å². The molecule has 0 spiro atoms. The highest BCUT2D eigenvalue weighted by Gasteiger charge is 2.19. The Hall–Kier alpha value is -1.59. The number of likely N-dealkylation sites (N-methyl/N-ethyl adjacent to an activating group) is 2. The van der Waals surface area contributed by atoms with E-state index in [1.54, 1.807) is 27.9 Å². The highest BCUT2D eigenvalue weighted by Crippen LogP contribution is 2.10. The molecule has 104 valence electrons. The molecule has 0 aliphatic heterocycles. The zero-order valence-electron chi connectivity index (χ0n) is 11.5. The Kier molecular flexibility index (Phi) is 7.00. The van der Waals surface area contributed by atoms with Crippen molar-refractivity contribution in [2.75, 3.05) is 27.2 Å². The Labute approximate surface area is 108 Å². The van der Waals surface area contributed by atoms with Crippen molar-refractivity contribution in [3.63, 3.8) is 0 Å². The second-order valence-electron chi connectivity index (χ2n) is 4.60. The van der Waals surface area contributed by atoms with E-state index < -0.39 is 5.97 Å². The van der Waals surface area contributed by atoms with Gasteiger partial charge < -0.3 is 14.9 Å². The molecule has 0 aromatic heterocycles. The summed E-state index contributed by atoms with van der Waals surface area (Å²) in [6.45, 7) is 4.00. The first kappa shape index (κ1) is 16.4. The maximum Gasteiger partial charge on any atom is 0.303 e. The minimum absolute atomic E-state index is 0.0368. The summed E-state index contributed by atoms with van der Waals surface area (Å²) in [6, 6.07) is 0. The molecule has 1 atom stereocenters. The Morgan fingerprint density at radius 1 is 1.11 bits per heavy atom. The molecule has 0 rings (SSSR count). The normalized spacial score (nSPS) is 11.8. The quantitative estimate of drug-likeness (QED) is 0.718. The maximum atomic E-state index is 11.9. The van der Waals surface area contributed by atoms with Gasteiger partial charge in [0.2, 0.25) is 11.8 Å². The summed E-state index contributed by atoms with van der Waals surface area (Å²) in [5, 5.41) is 8.63. The van der Waals surface area contributed by atoms with Gasteiger partial charge >= 0.3 is 5.97 Å². The molecule has 0 aliphatic carbocycles. The molecule has 0 bridgehead atoms. The molecule has 0 saturated heterocycles. The number of nitrogens with zero attached hydrogens (tertiary/aromatic N) is 2. The van der Waals surface area contributed by atoms with Crippen LogP contribution in [0.1, 0.15) is 26.7 Å². The van der Waals surface area contributed by atoms with Gasteiger partial charge in [0.25, 0.3) is 0 Å². The highest BCUT2D eigenvalue weighted by atomic mass is 16.4. The summed E-state index contributed by atoms with van der Waals surface area (Å²) < 4.78 is 0. The molecule has 6 heteroatoms. The van der Waals surface area contributed by atoms with Crippen molar-refractivity contribution in [3.8, 4) is 0 Å². The first-order chi connectivity index (χ1) is 8.27. The standard InChI is InChI=1S/C12H22N2O4/c1-5-14(8-11(16)13(3)4)10(15)6-9(2)7-12(17)18/h9H,5-8H2,1-4H3,(H,17,18). The summed E-state index contributed by atoms with van der Waals surface area (Å²) in [6.07, 6.45) is 0.117. The number of aliphatic carboxylic acids is 1. The third kappa shape index (κ3) is 6.22. The van der Waals surface area contributed by atoms with E-state index in [9.17, 15) is 14.4 Å². The second-order valence-corrected chi connectivity index (χ2v) is 4.60. The molecule has 6 nitrogen and oxygen atoms in total. The van der Waals surface area contributed by atoms with E-state index in [1.807, 2.05) is 0 Å². The predicted molar refractivity (Wildman–Crippen MR) is 67.0 cm³/mol. The van der Waals surface area contributed by atoms with Gasteiger partial charge in [-0.2, -0.15) is 0 Å². The molecule has 2 amide bonds. The van der Waals surface area contributed by atoms with Gasteiger partial charge in [0.1, 0.15) is 0 Å². The summed E-state index contributed by atoms with van der Waals surface area (Å²) in [7, 11) is 3.27. The fourth-order valence-electron chi connectivity index (χ4n) is 1.48. The van der Waals surface area contributed by atoms with E-state index in [0.717, 1.165) is 0 Å². The minimum atomic E-state index is -0.914. The van der Waals surface area contributed by atoms with Crippen molar-refractivity contribution in [2.24, 2.45) is 5.92 Å². The molecule has 0 aromatic rings. The van der Waals surface area contributed by atoms with Crippen LogP contribution in [0.5, 0.6) is 0 Å². The van der Waals surface area contributed by atoms with Gasteiger partial charge in [0.15, 0.2) is 0 Å². The smallest absolute Gasteiger partial charge is 0.303 e. The lowest BCUT2D eigenvalue weighted by atomic mass is 10.0. The number of carbonyl (C=O) groups excluding carboxylic acids is 2. The monoisotopic (exact) mass is 258 g/mol. The van der Waals surface area contributed by atoms with E-state index in [2.05, 4.69) is 0 Å². The molecular formula is C12H22N2O4. The number of hydrogen-bond donors (Lipinski definition) is 1. The van der Waals surface area contributed by atoms with Crippen LogP contribution in [0.3, 0.4) is 0 Å². The van der Waals surface area contributed by atoms with Gasteiger partial charge in [0.05, 0.1) is 6.54 Å². The van der Waals surface area contributed by atoms with Crippen LogP contribution in [0.4, 0.5) is 0 Å². The zero-order chi connectivity index (χ0) is 14.3. The summed E-state index contributed by atoms with van der Waals surface area (Å²) >= 11 is 0. The van der Waals surface area contributed by atoms with E-state index in [-0.39, 0.29) is 37.1 Å². The first-order valence-corrected chi connectivity index (χ1v) is 5.97. The SMILES string of the molecule is CCN(CC(=O)N(C)C)C(=O)CC(C)CC(=O)O. The number of carboxylic acids is 1. The summed E-state index contributed by atoms with van der Waals surface area (Å²) in [4.78, 5) is 36.8. The van der Waals surface area contributed by atoms with Gasteiger partial charge in [0, 0.05) is 33.5 Å². The lowest BCUT2D eigenvalue weighted by molar-refractivity contribution is -0.141. The Balaban J connectivity index is 4.35. The van der Waals surface area contributed by atoms with Gasteiger partial charge in [-0.3, -0.25) is 14.4 Å². The molecule has 0 heterocycles. The largest absolute Gasteiger partial charge is 0.481 e. The number of carbonyl (C=O) groups is 3. The molecule has 1 N–H and O–H groups in total. The van der Waals surface area contributed by atoms with E-state index in [0.29, 0.717) is 6.54 Å². The average Bonchev–Trinajstić information content (AvgIpc) is 2.23. The molecule has 0 fully saturated rings. The molecule has 0 radical (unpaired) electrons. The molecule has 18 heavy (non-hydrogen) atoms.